The molecular weight excluding hydrogens is 369 g/mol. The number of hydrogen-bond acceptors (Lipinski definition) is 4. The van der Waals surface area contributed by atoms with Crippen LogP contribution in [0.15, 0.2) is 42.5 Å². The van der Waals surface area contributed by atoms with Crippen molar-refractivity contribution in [3.8, 4) is 11.5 Å². The molecule has 0 saturated carbocycles. The third-order valence-corrected chi connectivity index (χ3v) is 5.02. The van der Waals surface area contributed by atoms with E-state index in [4.69, 9.17) is 9.47 Å². The molecule has 1 atom stereocenters. The number of nitrogens with zero attached hydrogens (tertiary/aromatic N) is 1. The van der Waals surface area contributed by atoms with Gasteiger partial charge in [0.05, 0.1) is 25.8 Å². The van der Waals surface area contributed by atoms with E-state index in [0.29, 0.717) is 11.5 Å². The van der Waals surface area contributed by atoms with Crippen LogP contribution in [0.1, 0.15) is 29.2 Å². The van der Waals surface area contributed by atoms with E-state index in [2.05, 4.69) is 10.2 Å². The van der Waals surface area contributed by atoms with Gasteiger partial charge in [-0.25, -0.2) is 0 Å². The minimum atomic E-state index is -4.34. The van der Waals surface area contributed by atoms with E-state index in [-0.39, 0.29) is 6.04 Å². The molecule has 152 valence electrons. The van der Waals surface area contributed by atoms with Crippen LogP contribution in [-0.2, 0) is 6.18 Å². The molecule has 1 fully saturated rings. The number of benzene rings is 2. The monoisotopic (exact) mass is 394 g/mol. The van der Waals surface area contributed by atoms with Gasteiger partial charge >= 0.3 is 6.18 Å². The summed E-state index contributed by atoms with van der Waals surface area (Å²) in [5.74, 6) is 1.22. The van der Waals surface area contributed by atoms with Crippen LogP contribution in [0.4, 0.5) is 13.2 Å². The molecule has 1 N–H and O–H groups in total. The van der Waals surface area contributed by atoms with Crippen molar-refractivity contribution in [1.29, 1.82) is 0 Å². The van der Waals surface area contributed by atoms with Crippen LogP contribution in [0, 0.1) is 0 Å². The Bertz CT molecular complexity index is 770. The molecule has 1 heterocycles. The summed E-state index contributed by atoms with van der Waals surface area (Å²) in [5, 5.41) is 3.37. The summed E-state index contributed by atoms with van der Waals surface area (Å²) in [6, 6.07) is 11.0. The first kappa shape index (κ1) is 20.5. The van der Waals surface area contributed by atoms with Gasteiger partial charge in [0.15, 0.2) is 11.5 Å². The van der Waals surface area contributed by atoms with Gasteiger partial charge < -0.3 is 14.8 Å². The minimum absolute atomic E-state index is 0.165. The smallest absolute Gasteiger partial charge is 0.416 e. The third kappa shape index (κ3) is 4.59. The Balaban J connectivity index is 2.02. The molecule has 28 heavy (non-hydrogen) atoms. The molecule has 0 bridgehead atoms. The summed E-state index contributed by atoms with van der Waals surface area (Å²) < 4.78 is 49.7. The van der Waals surface area contributed by atoms with Crippen molar-refractivity contribution in [3.05, 3.63) is 59.2 Å². The summed E-state index contributed by atoms with van der Waals surface area (Å²) in [7, 11) is 3.15. The lowest BCUT2D eigenvalue weighted by Crippen LogP contribution is -2.33. The summed E-state index contributed by atoms with van der Waals surface area (Å²) in [5.41, 5.74) is 1.14. The number of ether oxygens (including phenoxy) is 2. The highest BCUT2D eigenvalue weighted by molar-refractivity contribution is 5.46. The van der Waals surface area contributed by atoms with Crippen molar-refractivity contribution in [2.45, 2.75) is 18.6 Å². The topological polar surface area (TPSA) is 33.7 Å². The highest BCUT2D eigenvalue weighted by Gasteiger charge is 2.31. The average molecular weight is 394 g/mol. The van der Waals surface area contributed by atoms with Gasteiger partial charge in [-0.1, -0.05) is 18.2 Å². The van der Waals surface area contributed by atoms with E-state index in [1.54, 1.807) is 26.4 Å². The minimum Gasteiger partial charge on any atom is -0.493 e. The van der Waals surface area contributed by atoms with Gasteiger partial charge in [0.2, 0.25) is 0 Å². The Kier molecular flexibility index (Phi) is 6.46. The summed E-state index contributed by atoms with van der Waals surface area (Å²) in [4.78, 5) is 2.30. The van der Waals surface area contributed by atoms with Gasteiger partial charge in [0.1, 0.15) is 0 Å². The van der Waals surface area contributed by atoms with Crippen LogP contribution in [0.25, 0.3) is 0 Å². The molecule has 1 unspecified atom stereocenters. The maximum atomic E-state index is 13.0. The summed E-state index contributed by atoms with van der Waals surface area (Å²) in [6.45, 7) is 3.43. The van der Waals surface area contributed by atoms with Gasteiger partial charge in [-0.15, -0.1) is 0 Å². The molecule has 4 nitrogen and oxygen atoms in total. The Morgan fingerprint density at radius 3 is 2.21 bits per heavy atom. The van der Waals surface area contributed by atoms with Crippen molar-refractivity contribution < 1.29 is 22.6 Å². The average Bonchev–Trinajstić information content (AvgIpc) is 2.97. The van der Waals surface area contributed by atoms with E-state index in [1.165, 1.54) is 0 Å². The SMILES string of the molecule is COc1ccc(C(c2ccc(C(F)(F)F)cc2)N2CCCNCC2)cc1OC. The molecule has 1 aliphatic rings. The summed E-state index contributed by atoms with van der Waals surface area (Å²) >= 11 is 0. The van der Waals surface area contributed by atoms with Crippen molar-refractivity contribution >= 4 is 0 Å². The maximum absolute atomic E-state index is 13.0. The van der Waals surface area contributed by atoms with Crippen LogP contribution >= 0.6 is 0 Å². The van der Waals surface area contributed by atoms with Gasteiger partial charge in [-0.3, -0.25) is 4.90 Å². The molecule has 0 radical (unpaired) electrons. The van der Waals surface area contributed by atoms with E-state index < -0.39 is 11.7 Å². The number of alkyl halides is 3. The van der Waals surface area contributed by atoms with E-state index in [0.717, 1.165) is 55.9 Å². The second kappa shape index (κ2) is 8.84. The number of nitrogens with one attached hydrogen (secondary N) is 1. The van der Waals surface area contributed by atoms with Gasteiger partial charge in [-0.05, 0) is 48.4 Å². The van der Waals surface area contributed by atoms with Gasteiger partial charge in [0, 0.05) is 19.6 Å². The number of halogens is 3. The normalized spacial score (nSPS) is 17.0. The molecule has 3 rings (SSSR count). The molecule has 0 amide bonds. The fraction of sp³-hybridized carbons (Fsp3) is 0.429. The van der Waals surface area contributed by atoms with Gasteiger partial charge in [0.25, 0.3) is 0 Å². The lowest BCUT2D eigenvalue weighted by atomic mass is 9.95. The van der Waals surface area contributed by atoms with Crippen LogP contribution in [0.3, 0.4) is 0 Å². The molecule has 0 spiro atoms. The predicted molar refractivity (Wildman–Crippen MR) is 102 cm³/mol. The largest absolute Gasteiger partial charge is 0.493 e. The Morgan fingerprint density at radius 1 is 0.893 bits per heavy atom. The third-order valence-electron chi connectivity index (χ3n) is 5.02. The first-order valence-electron chi connectivity index (χ1n) is 9.28. The predicted octanol–water partition coefficient (Wildman–Crippen LogP) is 4.11. The fourth-order valence-corrected chi connectivity index (χ4v) is 3.62. The van der Waals surface area contributed by atoms with Crippen LogP contribution in [0.2, 0.25) is 0 Å². The lowest BCUT2D eigenvalue weighted by Gasteiger charge is -2.32. The number of hydrogen-bond donors (Lipinski definition) is 1. The molecular formula is C21H25F3N2O2. The van der Waals surface area contributed by atoms with Crippen LogP contribution in [0.5, 0.6) is 11.5 Å². The number of methoxy groups -OCH3 is 2. The standard InChI is InChI=1S/C21H25F3N2O2/c1-27-18-9-6-16(14-19(18)28-2)20(26-12-3-10-25-11-13-26)15-4-7-17(8-5-15)21(22,23)24/h4-9,14,20,25H,3,10-13H2,1-2H3. The Hall–Kier alpha value is -2.25. The second-order valence-electron chi connectivity index (χ2n) is 6.78. The molecule has 0 aromatic heterocycles. The van der Waals surface area contributed by atoms with Crippen molar-refractivity contribution in [1.82, 2.24) is 10.2 Å². The van der Waals surface area contributed by atoms with Gasteiger partial charge in [-0.2, -0.15) is 13.2 Å². The molecule has 1 saturated heterocycles. The second-order valence-corrected chi connectivity index (χ2v) is 6.78. The molecule has 0 aliphatic carbocycles. The fourth-order valence-electron chi connectivity index (χ4n) is 3.62. The highest BCUT2D eigenvalue weighted by Crippen LogP contribution is 2.37. The number of rotatable bonds is 5. The first-order valence-corrected chi connectivity index (χ1v) is 9.28. The maximum Gasteiger partial charge on any atom is 0.416 e. The Morgan fingerprint density at radius 2 is 1.57 bits per heavy atom. The molecule has 7 heteroatoms. The van der Waals surface area contributed by atoms with Crippen molar-refractivity contribution in [2.75, 3.05) is 40.4 Å². The van der Waals surface area contributed by atoms with E-state index >= 15 is 0 Å². The van der Waals surface area contributed by atoms with E-state index in [9.17, 15) is 13.2 Å². The summed E-state index contributed by atoms with van der Waals surface area (Å²) in [6.07, 6.45) is -3.37. The zero-order chi connectivity index (χ0) is 20.1. The molecule has 2 aromatic carbocycles. The highest BCUT2D eigenvalue weighted by atomic mass is 19.4. The van der Waals surface area contributed by atoms with E-state index in [1.807, 2.05) is 18.2 Å². The Labute approximate surface area is 163 Å². The zero-order valence-corrected chi connectivity index (χ0v) is 16.1. The first-order chi connectivity index (χ1) is 13.4. The van der Waals surface area contributed by atoms with Crippen molar-refractivity contribution in [2.24, 2.45) is 0 Å². The van der Waals surface area contributed by atoms with Crippen molar-refractivity contribution in [3.63, 3.8) is 0 Å². The zero-order valence-electron chi connectivity index (χ0n) is 16.1. The van der Waals surface area contributed by atoms with Crippen LogP contribution < -0.4 is 14.8 Å². The lowest BCUT2D eigenvalue weighted by molar-refractivity contribution is -0.137. The molecule has 2 aromatic rings. The quantitative estimate of drug-likeness (QED) is 0.828. The van der Waals surface area contributed by atoms with Crippen LogP contribution in [-0.4, -0.2) is 45.3 Å². The molecule has 1 aliphatic heterocycles.